The predicted octanol–water partition coefficient (Wildman–Crippen LogP) is 3.54. The van der Waals surface area contributed by atoms with Crippen molar-refractivity contribution in [1.82, 2.24) is 14.5 Å². The molecule has 0 unspecified atom stereocenters. The summed E-state index contributed by atoms with van der Waals surface area (Å²) in [6, 6.07) is 16.3. The third-order valence-corrected chi connectivity index (χ3v) is 6.22. The van der Waals surface area contributed by atoms with Gasteiger partial charge in [0.1, 0.15) is 5.75 Å². The van der Waals surface area contributed by atoms with Gasteiger partial charge in [-0.15, -0.1) is 0 Å². The Morgan fingerprint density at radius 3 is 2.69 bits per heavy atom. The summed E-state index contributed by atoms with van der Waals surface area (Å²) in [5, 5.41) is 0. The van der Waals surface area contributed by atoms with Crippen molar-refractivity contribution >= 4 is 0 Å². The zero-order valence-corrected chi connectivity index (χ0v) is 16.6. The monoisotopic (exact) mass is 387 g/mol. The van der Waals surface area contributed by atoms with Gasteiger partial charge in [-0.05, 0) is 48.2 Å². The van der Waals surface area contributed by atoms with E-state index in [0.29, 0.717) is 11.8 Å². The molecule has 0 amide bonds. The lowest BCUT2D eigenvalue weighted by atomic mass is 9.82. The number of aromatic nitrogens is 2. The Balaban J connectivity index is 1.39. The summed E-state index contributed by atoms with van der Waals surface area (Å²) >= 11 is 0. The van der Waals surface area contributed by atoms with Crippen molar-refractivity contribution in [3.8, 4) is 16.9 Å². The van der Waals surface area contributed by atoms with Gasteiger partial charge in [0.25, 0.3) is 5.56 Å². The lowest BCUT2D eigenvalue weighted by Crippen LogP contribution is -2.46. The SMILES string of the molecule is COc1ccc(CN2C[C@@H]3C[C@H](C2)c2ccc(-c4cccnc4)c(=O)n2C3)cc1. The minimum atomic E-state index is 0.119. The molecule has 29 heavy (non-hydrogen) atoms. The number of benzene rings is 1. The molecule has 0 aliphatic carbocycles. The van der Waals surface area contributed by atoms with Crippen LogP contribution in [0.25, 0.3) is 11.1 Å². The number of likely N-dealkylation sites (tertiary alicyclic amines) is 1. The van der Waals surface area contributed by atoms with Gasteiger partial charge in [0.05, 0.1) is 7.11 Å². The molecule has 2 aliphatic rings. The summed E-state index contributed by atoms with van der Waals surface area (Å²) in [6.07, 6.45) is 4.68. The van der Waals surface area contributed by atoms with Crippen LogP contribution in [0.4, 0.5) is 0 Å². The van der Waals surface area contributed by atoms with Crippen LogP contribution in [0.1, 0.15) is 23.6 Å². The molecule has 5 heteroatoms. The first kappa shape index (κ1) is 18.1. The fourth-order valence-corrected chi connectivity index (χ4v) is 4.90. The first-order valence-corrected chi connectivity index (χ1v) is 10.2. The minimum Gasteiger partial charge on any atom is -0.497 e. The number of rotatable bonds is 4. The van der Waals surface area contributed by atoms with Crippen molar-refractivity contribution in [2.45, 2.75) is 25.4 Å². The summed E-state index contributed by atoms with van der Waals surface area (Å²) < 4.78 is 7.28. The lowest BCUT2D eigenvalue weighted by Gasteiger charge is -2.43. The molecule has 0 N–H and O–H groups in total. The summed E-state index contributed by atoms with van der Waals surface area (Å²) in [5.74, 6) is 1.82. The molecule has 0 spiro atoms. The second-order valence-electron chi connectivity index (χ2n) is 8.17. The van der Waals surface area contributed by atoms with Crippen LogP contribution in [0, 0.1) is 5.92 Å². The zero-order valence-electron chi connectivity index (χ0n) is 16.6. The summed E-state index contributed by atoms with van der Waals surface area (Å²) in [6.45, 7) is 3.77. The molecule has 2 aromatic heterocycles. The Morgan fingerprint density at radius 1 is 1.07 bits per heavy atom. The average molecular weight is 387 g/mol. The first-order chi connectivity index (χ1) is 14.2. The van der Waals surface area contributed by atoms with E-state index in [9.17, 15) is 4.79 Å². The molecule has 5 rings (SSSR count). The van der Waals surface area contributed by atoms with Crippen molar-refractivity contribution in [2.24, 2.45) is 5.92 Å². The second-order valence-corrected chi connectivity index (χ2v) is 8.17. The Morgan fingerprint density at radius 2 is 1.93 bits per heavy atom. The highest BCUT2D eigenvalue weighted by molar-refractivity contribution is 5.61. The van der Waals surface area contributed by atoms with E-state index in [1.54, 1.807) is 19.5 Å². The Hall–Kier alpha value is -2.92. The van der Waals surface area contributed by atoms with Gasteiger partial charge in [-0.25, -0.2) is 0 Å². The van der Waals surface area contributed by atoms with E-state index in [1.807, 2.05) is 34.9 Å². The standard InChI is InChI=1S/C24H25N3O2/c1-29-21-6-4-17(5-7-21)13-26-14-18-11-20(16-26)23-9-8-22(24(28)27(23)15-18)19-3-2-10-25-12-19/h2-10,12,18,20H,11,13-16H2,1H3/t18-,20+/m0/s1. The summed E-state index contributed by atoms with van der Waals surface area (Å²) in [4.78, 5) is 19.9. The van der Waals surface area contributed by atoms with Gasteiger partial charge in [-0.3, -0.25) is 14.7 Å². The van der Waals surface area contributed by atoms with Crippen LogP contribution in [-0.2, 0) is 13.1 Å². The number of fused-ring (bicyclic) bond motifs is 4. The van der Waals surface area contributed by atoms with Gasteiger partial charge in [-0.2, -0.15) is 0 Å². The molecule has 2 aliphatic heterocycles. The Labute approximate surface area is 170 Å². The number of nitrogens with zero attached hydrogens (tertiary/aromatic N) is 3. The quantitative estimate of drug-likeness (QED) is 0.687. The number of pyridine rings is 2. The van der Waals surface area contributed by atoms with E-state index in [0.717, 1.165) is 43.1 Å². The number of methoxy groups -OCH3 is 1. The number of ether oxygens (including phenoxy) is 1. The van der Waals surface area contributed by atoms with E-state index in [2.05, 4.69) is 28.1 Å². The van der Waals surface area contributed by atoms with Gasteiger partial charge in [0.2, 0.25) is 0 Å². The maximum Gasteiger partial charge on any atom is 0.258 e. The first-order valence-electron chi connectivity index (χ1n) is 10.2. The largest absolute Gasteiger partial charge is 0.497 e. The molecular weight excluding hydrogens is 362 g/mol. The van der Waals surface area contributed by atoms with Crippen molar-refractivity contribution < 1.29 is 4.74 Å². The molecule has 3 aromatic rings. The Bertz CT molecular complexity index is 1060. The molecule has 1 aromatic carbocycles. The lowest BCUT2D eigenvalue weighted by molar-refractivity contribution is 0.114. The fraction of sp³-hybridized carbons (Fsp3) is 0.333. The van der Waals surface area contributed by atoms with E-state index >= 15 is 0 Å². The van der Waals surface area contributed by atoms with E-state index in [1.165, 1.54) is 17.7 Å². The molecule has 5 nitrogen and oxygen atoms in total. The molecule has 2 bridgehead atoms. The van der Waals surface area contributed by atoms with Crippen LogP contribution < -0.4 is 10.3 Å². The van der Waals surface area contributed by atoms with Gasteiger partial charge in [0, 0.05) is 61.3 Å². The third-order valence-electron chi connectivity index (χ3n) is 6.22. The van der Waals surface area contributed by atoms with Gasteiger partial charge in [0.15, 0.2) is 0 Å². The fourth-order valence-electron chi connectivity index (χ4n) is 4.90. The molecule has 2 atom stereocenters. The van der Waals surface area contributed by atoms with Crippen molar-refractivity contribution in [2.75, 3.05) is 20.2 Å². The third kappa shape index (κ3) is 3.47. The number of hydrogen-bond donors (Lipinski definition) is 0. The van der Waals surface area contributed by atoms with Crippen LogP contribution >= 0.6 is 0 Å². The number of hydrogen-bond acceptors (Lipinski definition) is 4. The normalized spacial score (nSPS) is 20.9. The minimum absolute atomic E-state index is 0.119. The highest BCUT2D eigenvalue weighted by Crippen LogP contribution is 2.36. The summed E-state index contributed by atoms with van der Waals surface area (Å²) in [7, 11) is 1.69. The van der Waals surface area contributed by atoms with Crippen LogP contribution in [-0.4, -0.2) is 34.7 Å². The maximum atomic E-state index is 13.2. The average Bonchev–Trinajstić information content (AvgIpc) is 2.76. The van der Waals surface area contributed by atoms with Crippen molar-refractivity contribution in [1.29, 1.82) is 0 Å². The van der Waals surface area contributed by atoms with Crippen LogP contribution in [0.15, 0.2) is 65.7 Å². The molecule has 1 saturated heterocycles. The van der Waals surface area contributed by atoms with Gasteiger partial charge >= 0.3 is 0 Å². The topological polar surface area (TPSA) is 47.4 Å². The smallest absolute Gasteiger partial charge is 0.258 e. The van der Waals surface area contributed by atoms with Crippen molar-refractivity contribution in [3.05, 3.63) is 82.5 Å². The zero-order chi connectivity index (χ0) is 19.8. The highest BCUT2D eigenvalue weighted by atomic mass is 16.5. The molecule has 148 valence electrons. The molecule has 0 saturated carbocycles. The predicted molar refractivity (Wildman–Crippen MR) is 113 cm³/mol. The second kappa shape index (κ2) is 7.48. The van der Waals surface area contributed by atoms with Crippen LogP contribution in [0.3, 0.4) is 0 Å². The Kier molecular flexibility index (Phi) is 4.68. The van der Waals surface area contributed by atoms with Gasteiger partial charge in [-0.1, -0.05) is 18.2 Å². The summed E-state index contributed by atoms with van der Waals surface area (Å²) in [5.41, 5.74) is 4.24. The van der Waals surface area contributed by atoms with E-state index < -0.39 is 0 Å². The van der Waals surface area contributed by atoms with Crippen LogP contribution in [0.2, 0.25) is 0 Å². The molecule has 1 fully saturated rings. The molecular formula is C24H25N3O2. The molecule has 4 heterocycles. The van der Waals surface area contributed by atoms with Crippen molar-refractivity contribution in [3.63, 3.8) is 0 Å². The van der Waals surface area contributed by atoms with Gasteiger partial charge < -0.3 is 9.30 Å². The van der Waals surface area contributed by atoms with E-state index in [-0.39, 0.29) is 5.56 Å². The van der Waals surface area contributed by atoms with Crippen LogP contribution in [0.5, 0.6) is 5.75 Å². The van der Waals surface area contributed by atoms with E-state index in [4.69, 9.17) is 4.74 Å². The highest BCUT2D eigenvalue weighted by Gasteiger charge is 2.34. The molecule has 0 radical (unpaired) electrons. The maximum absolute atomic E-state index is 13.2. The number of piperidine rings is 1.